The van der Waals surface area contributed by atoms with Crippen LogP contribution in [0.1, 0.15) is 17.8 Å². The van der Waals surface area contributed by atoms with Crippen LogP contribution in [-0.2, 0) is 11.2 Å². The number of anilines is 1. The van der Waals surface area contributed by atoms with Crippen LogP contribution in [0.2, 0.25) is 0 Å². The van der Waals surface area contributed by atoms with E-state index in [1.54, 1.807) is 25.5 Å². The lowest BCUT2D eigenvalue weighted by atomic mass is 10.3. The lowest BCUT2D eigenvalue weighted by molar-refractivity contribution is 0.172. The van der Waals surface area contributed by atoms with Gasteiger partial charge in [-0.15, -0.1) is 11.3 Å². The van der Waals surface area contributed by atoms with Crippen molar-refractivity contribution in [2.24, 2.45) is 4.99 Å². The third kappa shape index (κ3) is 6.73. The second kappa shape index (κ2) is 11.4. The van der Waals surface area contributed by atoms with Gasteiger partial charge in [0.15, 0.2) is 5.96 Å². The number of hydrogen-bond donors (Lipinski definition) is 2. The molecule has 154 valence electrons. The fourth-order valence-electron chi connectivity index (χ4n) is 2.85. The molecule has 0 aliphatic rings. The maximum absolute atomic E-state index is 5.75. The highest BCUT2D eigenvalue weighted by atomic mass is 32.1. The number of guanidine groups is 1. The third-order valence-corrected chi connectivity index (χ3v) is 5.38. The molecule has 0 fully saturated rings. The van der Waals surface area contributed by atoms with Crippen LogP contribution in [0, 0.1) is 0 Å². The first-order valence-electron chi connectivity index (χ1n) is 9.82. The molecular formula is C22H28N4O2S. The van der Waals surface area contributed by atoms with E-state index in [2.05, 4.69) is 38.8 Å². The highest BCUT2D eigenvalue weighted by molar-refractivity contribution is 7.18. The van der Waals surface area contributed by atoms with Gasteiger partial charge in [-0.2, -0.15) is 0 Å². The average molecular weight is 413 g/mol. The topological polar surface area (TPSA) is 67.8 Å². The van der Waals surface area contributed by atoms with E-state index in [1.165, 1.54) is 9.71 Å². The summed E-state index contributed by atoms with van der Waals surface area (Å²) in [5.41, 5.74) is 2.02. The fraction of sp³-hybridized carbons (Fsp3) is 0.364. The van der Waals surface area contributed by atoms with E-state index in [9.17, 15) is 0 Å². The van der Waals surface area contributed by atoms with Gasteiger partial charge in [0, 0.05) is 51.9 Å². The first-order valence-corrected chi connectivity index (χ1v) is 10.6. The van der Waals surface area contributed by atoms with Crippen LogP contribution in [0.25, 0.3) is 10.2 Å². The Morgan fingerprint density at radius 3 is 2.83 bits per heavy atom. The molecule has 29 heavy (non-hydrogen) atoms. The molecule has 1 aromatic heterocycles. The number of rotatable bonds is 10. The van der Waals surface area contributed by atoms with E-state index >= 15 is 0 Å². The summed E-state index contributed by atoms with van der Waals surface area (Å²) in [6.45, 7) is 2.16. The normalized spacial score (nSPS) is 11.6. The Morgan fingerprint density at radius 2 is 2.00 bits per heavy atom. The van der Waals surface area contributed by atoms with Crippen molar-refractivity contribution >= 4 is 33.2 Å². The smallest absolute Gasteiger partial charge is 0.195 e. The number of methoxy groups -OCH3 is 1. The maximum atomic E-state index is 5.75. The monoisotopic (exact) mass is 412 g/mol. The summed E-state index contributed by atoms with van der Waals surface area (Å²) in [5, 5.41) is 7.85. The lowest BCUT2D eigenvalue weighted by Gasteiger charge is -2.13. The van der Waals surface area contributed by atoms with E-state index in [4.69, 9.17) is 9.47 Å². The minimum Gasteiger partial charge on any atom is -0.493 e. The van der Waals surface area contributed by atoms with Crippen LogP contribution in [-0.4, -0.2) is 44.9 Å². The summed E-state index contributed by atoms with van der Waals surface area (Å²) in [4.78, 5) is 8.99. The van der Waals surface area contributed by atoms with E-state index in [1.807, 2.05) is 30.3 Å². The van der Waals surface area contributed by atoms with Crippen molar-refractivity contribution in [1.29, 1.82) is 0 Å². The van der Waals surface area contributed by atoms with E-state index < -0.39 is 0 Å². The predicted octanol–water partition coefficient (Wildman–Crippen LogP) is 4.33. The number of ether oxygens (including phenoxy) is 2. The second-order valence-corrected chi connectivity index (χ2v) is 7.64. The van der Waals surface area contributed by atoms with Crippen LogP contribution >= 0.6 is 11.3 Å². The number of aliphatic imine (C=N–C) groups is 1. The van der Waals surface area contributed by atoms with Crippen molar-refractivity contribution in [3.8, 4) is 5.75 Å². The van der Waals surface area contributed by atoms with Gasteiger partial charge in [0.2, 0.25) is 0 Å². The van der Waals surface area contributed by atoms with Crippen LogP contribution in [0.15, 0.2) is 53.5 Å². The lowest BCUT2D eigenvalue weighted by Crippen LogP contribution is -2.31. The summed E-state index contributed by atoms with van der Waals surface area (Å²) in [6.07, 6.45) is 2.81. The molecule has 6 nitrogen and oxygen atoms in total. The van der Waals surface area contributed by atoms with Gasteiger partial charge in [-0.05, 0) is 30.7 Å². The Bertz CT molecular complexity index is 893. The number of para-hydroxylation sites is 1. The molecule has 7 heteroatoms. The van der Waals surface area contributed by atoms with Crippen molar-refractivity contribution in [2.75, 3.05) is 39.2 Å². The van der Waals surface area contributed by atoms with E-state index in [0.717, 1.165) is 48.7 Å². The molecular weight excluding hydrogens is 384 g/mol. The summed E-state index contributed by atoms with van der Waals surface area (Å²) in [6, 6.07) is 16.2. The zero-order valence-corrected chi connectivity index (χ0v) is 17.8. The van der Waals surface area contributed by atoms with Crippen molar-refractivity contribution in [3.05, 3.63) is 53.5 Å². The number of thiazole rings is 1. The van der Waals surface area contributed by atoms with Crippen LogP contribution in [0.5, 0.6) is 5.75 Å². The molecule has 0 amide bonds. The summed E-state index contributed by atoms with van der Waals surface area (Å²) >= 11 is 1.77. The summed E-state index contributed by atoms with van der Waals surface area (Å²) < 4.78 is 12.0. The second-order valence-electron chi connectivity index (χ2n) is 6.53. The molecule has 0 aliphatic heterocycles. The van der Waals surface area contributed by atoms with Crippen molar-refractivity contribution in [1.82, 2.24) is 10.3 Å². The molecule has 0 saturated heterocycles. The van der Waals surface area contributed by atoms with Crippen molar-refractivity contribution in [3.63, 3.8) is 0 Å². The predicted molar refractivity (Wildman–Crippen MR) is 121 cm³/mol. The van der Waals surface area contributed by atoms with Gasteiger partial charge in [-0.25, -0.2) is 4.98 Å². The maximum Gasteiger partial charge on any atom is 0.195 e. The first kappa shape index (κ1) is 21.1. The minimum atomic E-state index is 0.635. The highest BCUT2D eigenvalue weighted by Gasteiger charge is 2.04. The van der Waals surface area contributed by atoms with Crippen molar-refractivity contribution < 1.29 is 9.47 Å². The first-order chi connectivity index (χ1) is 14.3. The largest absolute Gasteiger partial charge is 0.493 e. The number of benzene rings is 2. The molecule has 0 bridgehead atoms. The number of aryl methyl sites for hydroxylation is 1. The Balaban J connectivity index is 1.43. The minimum absolute atomic E-state index is 0.635. The third-order valence-electron chi connectivity index (χ3n) is 4.28. The van der Waals surface area contributed by atoms with Gasteiger partial charge >= 0.3 is 0 Å². The van der Waals surface area contributed by atoms with Crippen molar-refractivity contribution in [2.45, 2.75) is 19.3 Å². The number of hydrogen-bond acceptors (Lipinski definition) is 5. The van der Waals surface area contributed by atoms with Gasteiger partial charge in [-0.3, -0.25) is 4.99 Å². The Morgan fingerprint density at radius 1 is 1.10 bits per heavy atom. The summed E-state index contributed by atoms with van der Waals surface area (Å²) in [7, 11) is 3.47. The molecule has 3 rings (SSSR count). The molecule has 0 unspecified atom stereocenters. The van der Waals surface area contributed by atoms with E-state index in [0.29, 0.717) is 13.2 Å². The molecule has 0 aliphatic carbocycles. The molecule has 0 radical (unpaired) electrons. The van der Waals surface area contributed by atoms with Gasteiger partial charge in [0.25, 0.3) is 0 Å². The molecule has 0 saturated carbocycles. The molecule has 2 N–H and O–H groups in total. The number of fused-ring (bicyclic) bond motifs is 1. The van der Waals surface area contributed by atoms with Gasteiger partial charge in [0.05, 0.1) is 21.8 Å². The standard InChI is InChI=1S/C22H28N4O2S/c1-23-22(25-17-8-5-9-18(16-17)28-15-7-14-27-2)24-13-6-12-21-26-19-10-3-4-11-20(19)29-21/h3-5,8-11,16H,6-7,12-15H2,1-2H3,(H2,23,24,25). The number of aromatic nitrogens is 1. The van der Waals surface area contributed by atoms with Gasteiger partial charge in [0.1, 0.15) is 5.75 Å². The quantitative estimate of drug-likeness (QED) is 0.295. The number of nitrogens with one attached hydrogen (secondary N) is 2. The SMILES string of the molecule is CN=C(NCCCc1nc2ccccc2s1)Nc1cccc(OCCCOC)c1. The number of nitrogens with zero attached hydrogens (tertiary/aromatic N) is 2. The van der Waals surface area contributed by atoms with Gasteiger partial charge < -0.3 is 20.1 Å². The van der Waals surface area contributed by atoms with Gasteiger partial charge in [-0.1, -0.05) is 18.2 Å². The Labute approximate surface area is 176 Å². The zero-order valence-electron chi connectivity index (χ0n) is 17.0. The fourth-order valence-corrected chi connectivity index (χ4v) is 3.86. The molecule has 2 aromatic carbocycles. The molecule has 1 heterocycles. The average Bonchev–Trinajstić information content (AvgIpc) is 3.16. The van der Waals surface area contributed by atoms with Crippen LogP contribution in [0.4, 0.5) is 5.69 Å². The molecule has 3 aromatic rings. The highest BCUT2D eigenvalue weighted by Crippen LogP contribution is 2.22. The van der Waals surface area contributed by atoms with Crippen LogP contribution in [0.3, 0.4) is 0 Å². The zero-order chi connectivity index (χ0) is 20.3. The van der Waals surface area contributed by atoms with E-state index in [-0.39, 0.29) is 0 Å². The van der Waals surface area contributed by atoms with Crippen LogP contribution < -0.4 is 15.4 Å². The Kier molecular flexibility index (Phi) is 8.27. The molecule has 0 atom stereocenters. The summed E-state index contributed by atoms with van der Waals surface area (Å²) in [5.74, 6) is 1.57. The molecule has 0 spiro atoms. The Hall–Kier alpha value is -2.64.